The molecule has 1 aliphatic rings. The van der Waals surface area contributed by atoms with Crippen LogP contribution in [0.5, 0.6) is 0 Å². The predicted molar refractivity (Wildman–Crippen MR) is 149 cm³/mol. The fraction of sp³-hybridized carbons (Fsp3) is 0.310. The maximum Gasteiger partial charge on any atom is 0.264 e. The number of carbonyl (C=O) groups excluding carboxylic acids is 2. The van der Waals surface area contributed by atoms with Gasteiger partial charge in [-0.2, -0.15) is 0 Å². The number of para-hydroxylation sites is 1. The van der Waals surface area contributed by atoms with Gasteiger partial charge in [-0.05, 0) is 73.9 Å². The number of nitrogens with one attached hydrogen (secondary N) is 1. The van der Waals surface area contributed by atoms with E-state index in [4.69, 9.17) is 11.6 Å². The number of benzene rings is 3. The van der Waals surface area contributed by atoms with Gasteiger partial charge in [-0.15, -0.1) is 0 Å². The zero-order valence-electron chi connectivity index (χ0n) is 21.6. The topological polar surface area (TPSA) is 86.8 Å². The van der Waals surface area contributed by atoms with Crippen molar-refractivity contribution < 1.29 is 22.4 Å². The van der Waals surface area contributed by atoms with Crippen LogP contribution in [0.1, 0.15) is 38.2 Å². The van der Waals surface area contributed by atoms with Crippen LogP contribution in [0, 0.1) is 5.82 Å². The van der Waals surface area contributed by atoms with Gasteiger partial charge in [0, 0.05) is 17.6 Å². The van der Waals surface area contributed by atoms with Crippen LogP contribution in [-0.4, -0.2) is 43.8 Å². The van der Waals surface area contributed by atoms with Gasteiger partial charge in [0.15, 0.2) is 0 Å². The third kappa shape index (κ3) is 7.16. The first kappa shape index (κ1) is 28.6. The molecule has 0 heterocycles. The molecule has 1 unspecified atom stereocenters. The smallest absolute Gasteiger partial charge is 0.264 e. The largest absolute Gasteiger partial charge is 0.352 e. The minimum atomic E-state index is -4.25. The summed E-state index contributed by atoms with van der Waals surface area (Å²) in [6.45, 7) is 1.12. The first-order valence-electron chi connectivity index (χ1n) is 12.8. The third-order valence-corrected chi connectivity index (χ3v) is 8.86. The lowest BCUT2D eigenvalue weighted by Crippen LogP contribution is -2.52. The Kier molecular flexibility index (Phi) is 9.24. The summed E-state index contributed by atoms with van der Waals surface area (Å²) in [5, 5.41) is 3.51. The monoisotopic (exact) mass is 571 g/mol. The number of hydrogen-bond donors (Lipinski definition) is 1. The average molecular weight is 572 g/mol. The molecule has 39 heavy (non-hydrogen) atoms. The lowest BCUT2D eigenvalue weighted by atomic mass is 10.1. The Balaban J connectivity index is 1.66. The van der Waals surface area contributed by atoms with E-state index in [-0.39, 0.29) is 29.1 Å². The van der Waals surface area contributed by atoms with E-state index >= 15 is 0 Å². The molecule has 3 aromatic rings. The Morgan fingerprint density at radius 2 is 1.67 bits per heavy atom. The molecule has 0 radical (unpaired) electrons. The number of amides is 2. The van der Waals surface area contributed by atoms with Crippen LogP contribution in [-0.2, 0) is 26.2 Å². The van der Waals surface area contributed by atoms with Gasteiger partial charge in [-0.3, -0.25) is 13.9 Å². The molecule has 0 saturated heterocycles. The van der Waals surface area contributed by atoms with Crippen molar-refractivity contribution in [2.75, 3.05) is 10.8 Å². The Labute approximate surface area is 233 Å². The van der Waals surface area contributed by atoms with Crippen LogP contribution < -0.4 is 9.62 Å². The highest BCUT2D eigenvalue weighted by atomic mass is 35.5. The molecule has 1 atom stereocenters. The molecular formula is C29H31ClFN3O4S. The maximum absolute atomic E-state index is 13.9. The second-order valence-corrected chi connectivity index (χ2v) is 11.9. The third-order valence-electron chi connectivity index (χ3n) is 6.84. The van der Waals surface area contributed by atoms with Crippen LogP contribution in [0.3, 0.4) is 0 Å². The summed E-state index contributed by atoms with van der Waals surface area (Å²) >= 11 is 6.17. The van der Waals surface area contributed by atoms with Crippen molar-refractivity contribution in [3.63, 3.8) is 0 Å². The molecule has 1 aliphatic carbocycles. The van der Waals surface area contributed by atoms with Crippen LogP contribution in [0.25, 0.3) is 0 Å². The molecule has 7 nitrogen and oxygen atoms in total. The molecule has 4 rings (SSSR count). The first-order valence-corrected chi connectivity index (χ1v) is 14.6. The van der Waals surface area contributed by atoms with E-state index in [1.807, 2.05) is 0 Å². The molecule has 0 bridgehead atoms. The summed E-state index contributed by atoms with van der Waals surface area (Å²) in [5.41, 5.74) is 0.963. The summed E-state index contributed by atoms with van der Waals surface area (Å²) in [6.07, 6.45) is 3.85. The van der Waals surface area contributed by atoms with Crippen LogP contribution >= 0.6 is 11.6 Å². The zero-order valence-corrected chi connectivity index (χ0v) is 23.2. The van der Waals surface area contributed by atoms with E-state index in [0.717, 1.165) is 54.3 Å². The van der Waals surface area contributed by atoms with Crippen molar-refractivity contribution in [3.8, 4) is 0 Å². The average Bonchev–Trinajstić information content (AvgIpc) is 3.43. The van der Waals surface area contributed by atoms with E-state index in [2.05, 4.69) is 5.32 Å². The molecule has 1 fully saturated rings. The number of halogens is 2. The van der Waals surface area contributed by atoms with E-state index in [1.54, 1.807) is 61.5 Å². The molecule has 10 heteroatoms. The molecule has 2 amide bonds. The van der Waals surface area contributed by atoms with E-state index in [9.17, 15) is 22.4 Å². The van der Waals surface area contributed by atoms with E-state index in [1.165, 1.54) is 4.90 Å². The van der Waals surface area contributed by atoms with Crippen molar-refractivity contribution in [1.82, 2.24) is 10.2 Å². The number of hydrogen-bond acceptors (Lipinski definition) is 4. The highest BCUT2D eigenvalue weighted by Gasteiger charge is 2.33. The molecule has 206 valence electrons. The number of anilines is 1. The number of rotatable bonds is 10. The fourth-order valence-electron chi connectivity index (χ4n) is 4.66. The minimum Gasteiger partial charge on any atom is -0.352 e. The maximum atomic E-state index is 13.9. The molecule has 1 saturated carbocycles. The molecule has 3 aromatic carbocycles. The van der Waals surface area contributed by atoms with Gasteiger partial charge in [0.2, 0.25) is 11.8 Å². The SMILES string of the molecule is CC(C(=O)NC1CCCC1)N(Cc1cccc(Cl)c1)C(=O)CN(c1ccccc1)S(=O)(=O)c1ccc(F)cc1. The lowest BCUT2D eigenvalue weighted by molar-refractivity contribution is -0.139. The van der Waals surface area contributed by atoms with Crippen molar-refractivity contribution in [1.29, 1.82) is 0 Å². The van der Waals surface area contributed by atoms with Crippen molar-refractivity contribution in [2.24, 2.45) is 0 Å². The Morgan fingerprint density at radius 3 is 2.31 bits per heavy atom. The second-order valence-electron chi connectivity index (χ2n) is 9.62. The van der Waals surface area contributed by atoms with Crippen LogP contribution in [0.15, 0.2) is 83.8 Å². The summed E-state index contributed by atoms with van der Waals surface area (Å²) in [5.74, 6) is -1.45. The van der Waals surface area contributed by atoms with Gasteiger partial charge < -0.3 is 10.2 Å². The Morgan fingerprint density at radius 1 is 1.00 bits per heavy atom. The van der Waals surface area contributed by atoms with Crippen molar-refractivity contribution in [2.45, 2.75) is 56.1 Å². The molecule has 0 aliphatic heterocycles. The van der Waals surface area contributed by atoms with Gasteiger partial charge in [-0.1, -0.05) is 54.8 Å². The Hall–Kier alpha value is -3.43. The van der Waals surface area contributed by atoms with Gasteiger partial charge in [0.05, 0.1) is 10.6 Å². The lowest BCUT2D eigenvalue weighted by Gasteiger charge is -2.32. The molecule has 1 N–H and O–H groups in total. The summed E-state index contributed by atoms with van der Waals surface area (Å²) in [6, 6.07) is 18.8. The first-order chi connectivity index (χ1) is 18.6. The van der Waals surface area contributed by atoms with Gasteiger partial charge in [0.25, 0.3) is 10.0 Å². The van der Waals surface area contributed by atoms with E-state index in [0.29, 0.717) is 10.6 Å². The predicted octanol–water partition coefficient (Wildman–Crippen LogP) is 5.15. The van der Waals surface area contributed by atoms with Gasteiger partial charge in [-0.25, -0.2) is 12.8 Å². The standard InChI is InChI=1S/C29H31ClFN3O4S/c1-21(29(36)32-25-10-5-6-11-25)33(19-22-8-7-9-23(30)18-22)28(35)20-34(26-12-3-2-4-13-26)39(37,38)27-16-14-24(31)15-17-27/h2-4,7-9,12-18,21,25H,5-6,10-11,19-20H2,1H3,(H,32,36). The molecular weight excluding hydrogens is 541 g/mol. The van der Waals surface area contributed by atoms with Crippen LogP contribution in [0.2, 0.25) is 5.02 Å². The highest BCUT2D eigenvalue weighted by Crippen LogP contribution is 2.25. The van der Waals surface area contributed by atoms with Crippen molar-refractivity contribution in [3.05, 3.63) is 95.3 Å². The molecule has 0 aromatic heterocycles. The van der Waals surface area contributed by atoms with E-state index < -0.39 is 34.3 Å². The van der Waals surface area contributed by atoms with Gasteiger partial charge in [0.1, 0.15) is 18.4 Å². The van der Waals surface area contributed by atoms with Crippen molar-refractivity contribution >= 4 is 39.1 Å². The quantitative estimate of drug-likeness (QED) is 0.365. The highest BCUT2D eigenvalue weighted by molar-refractivity contribution is 7.92. The number of nitrogens with zero attached hydrogens (tertiary/aromatic N) is 2. The minimum absolute atomic E-state index is 0.0534. The second kappa shape index (κ2) is 12.6. The van der Waals surface area contributed by atoms with Gasteiger partial charge >= 0.3 is 0 Å². The fourth-order valence-corrected chi connectivity index (χ4v) is 6.29. The summed E-state index contributed by atoms with van der Waals surface area (Å²) < 4.78 is 41.9. The number of carbonyl (C=O) groups is 2. The summed E-state index contributed by atoms with van der Waals surface area (Å²) in [7, 11) is -4.25. The summed E-state index contributed by atoms with van der Waals surface area (Å²) in [4.78, 5) is 28.3. The normalized spacial score (nSPS) is 14.5. The Bertz CT molecular complexity index is 1400. The number of sulfonamides is 1. The molecule has 0 spiro atoms. The zero-order chi connectivity index (χ0) is 28.0. The van der Waals surface area contributed by atoms with Crippen LogP contribution in [0.4, 0.5) is 10.1 Å².